The summed E-state index contributed by atoms with van der Waals surface area (Å²) < 4.78 is 557. The molecule has 0 bridgehead atoms. The maximum atomic E-state index is 10.1. The Kier molecular flexibility index (Phi) is 5.43. The number of fused-ring (bicyclic) bond motifs is 14. The fourth-order valence-electron chi connectivity index (χ4n) is 12.3. The van der Waals surface area contributed by atoms with Crippen LogP contribution in [-0.2, 0) is 0 Å². The molecular formula is C98H60O2. The van der Waals surface area contributed by atoms with E-state index < -0.39 is 570 Å². The maximum Gasteiger partial charge on any atom is 0.136 e. The molecule has 464 valence electrons. The highest BCUT2D eigenvalue weighted by molar-refractivity contribution is 6.29. The molecule has 0 saturated heterocycles. The van der Waals surface area contributed by atoms with Gasteiger partial charge in [0.15, 0.2) is 0 Å². The zero-order chi connectivity index (χ0) is 118. The lowest BCUT2D eigenvalue weighted by Gasteiger charge is -2.20. The third-order valence-corrected chi connectivity index (χ3v) is 16.5. The van der Waals surface area contributed by atoms with Crippen molar-refractivity contribution < 1.29 is 91.1 Å². The van der Waals surface area contributed by atoms with Crippen molar-refractivity contribution >= 4 is 130 Å². The van der Waals surface area contributed by atoms with Gasteiger partial charge in [-0.15, -0.1) is 0 Å². The largest absolute Gasteiger partial charge is 0.456 e. The molecule has 0 atom stereocenters. The second-order valence-electron chi connectivity index (χ2n) is 21.8. The van der Waals surface area contributed by atoms with E-state index in [2.05, 4.69) is 0 Å². The highest BCUT2D eigenvalue weighted by atomic mass is 16.3. The molecule has 100 heavy (non-hydrogen) atoms. The van der Waals surface area contributed by atoms with Gasteiger partial charge < -0.3 is 8.83 Å². The lowest BCUT2D eigenvalue weighted by molar-refractivity contribution is 0.669. The van der Waals surface area contributed by atoms with Gasteiger partial charge in [0.25, 0.3) is 0 Å². The van der Waals surface area contributed by atoms with Gasteiger partial charge in [0.1, 0.15) is 22.3 Å². The van der Waals surface area contributed by atoms with Crippen molar-refractivity contribution in [1.82, 2.24) is 0 Å². The molecule has 0 aliphatic rings. The van der Waals surface area contributed by atoms with E-state index in [9.17, 15) is 31.5 Å². The molecule has 0 spiro atoms. The second kappa shape index (κ2) is 23.3. The van der Waals surface area contributed by atoms with Gasteiger partial charge in [-0.05, 0) is 212 Å². The number of hydrogen-bond donors (Lipinski definition) is 0. The van der Waals surface area contributed by atoms with Gasteiger partial charge in [-0.3, -0.25) is 0 Å². The Hall–Kier alpha value is -13.1. The molecule has 0 amide bonds. The molecule has 0 radical (unpaired) electrons. The molecule has 0 N–H and O–H groups in total. The van der Waals surface area contributed by atoms with Gasteiger partial charge >= 0.3 is 0 Å². The van der Waals surface area contributed by atoms with E-state index in [-0.39, 0.29) is 0 Å². The van der Waals surface area contributed by atoms with E-state index in [1.807, 2.05) is 0 Å². The van der Waals surface area contributed by atoms with Crippen LogP contribution in [0.25, 0.3) is 208 Å². The lowest BCUT2D eigenvalue weighted by atomic mass is 9.83. The molecule has 0 aliphatic carbocycles. The van der Waals surface area contributed by atoms with Crippen molar-refractivity contribution in [1.29, 1.82) is 0 Å². The van der Waals surface area contributed by atoms with Crippen LogP contribution in [0, 0.1) is 0 Å². The van der Waals surface area contributed by atoms with Crippen LogP contribution in [0.3, 0.4) is 0 Å². The van der Waals surface area contributed by atoms with Gasteiger partial charge in [0, 0.05) is 21.5 Å². The second-order valence-corrected chi connectivity index (χ2v) is 21.8. The number of rotatable bonds is 7. The minimum absolute atomic E-state index is 0.506. The first-order valence-corrected chi connectivity index (χ1v) is 29.6. The first kappa shape index (κ1) is 23.3. The SMILES string of the molecule is [2H]c1c([2H])c(-c2c3c([2H])c([2H])c([2H])c([2H])c3c(-c3c([2H])c([2H])c(-c4c([2H])c([2H])c5c([2H])c([2H])c([2H])c([2H])c5c4[2H])c4c([2H])c([2H])c([2H])c([2H])c34)c3c([2H])c([2H])c([2H])c([2H])c23)c2c(oc3c([2H])c4c([2H])c([2H])c([2H])c([2H])c4c([2H])c32)c1[2H].[2H]c1c([2H])c([2H])c(-c2c([2H])c([2H])c(-c3c4c([2H])c([2H])c([2H])c([2H])c4c(-c4c([2H])c([2H])c([2H])c5oc6c([2H])c7c([2H])c([2H])c([2H])c([2H])c7c([2H])c6c45)c4c([2H])c([2H])c([2H])c([2H])c34)c([2H])c2-c2c([2H])c([2H])c([2H])c([2H])c2[2H])c([2H])c1[2H]. The van der Waals surface area contributed by atoms with Crippen LogP contribution in [0.1, 0.15) is 82.2 Å². The first-order chi connectivity index (χ1) is 74.6. The quantitative estimate of drug-likeness (QED) is 0.149. The number of hydrogen-bond acceptors (Lipinski definition) is 2. The topological polar surface area (TPSA) is 26.3 Å². The zero-order valence-electron chi connectivity index (χ0n) is 110. The monoisotopic (exact) mass is 1330 g/mol. The molecule has 0 unspecified atom stereocenters. The highest BCUT2D eigenvalue weighted by Gasteiger charge is 2.25. The fraction of sp³-hybridized carbons (Fsp3) is 0. The summed E-state index contributed by atoms with van der Waals surface area (Å²) in [4.78, 5) is 0. The maximum absolute atomic E-state index is 10.1. The van der Waals surface area contributed by atoms with Gasteiger partial charge in [-0.2, -0.15) is 0 Å². The Labute approximate surface area is 661 Å². The zero-order valence-corrected chi connectivity index (χ0v) is 49.8. The van der Waals surface area contributed by atoms with E-state index in [4.69, 9.17) is 59.6 Å². The predicted octanol–water partition coefficient (Wildman–Crippen LogP) is 28.1. The Morgan fingerprint density at radius 2 is 0.500 bits per heavy atom. The average Bonchev–Trinajstić information content (AvgIpc) is 1.32. The Morgan fingerprint density at radius 3 is 0.970 bits per heavy atom. The summed E-state index contributed by atoms with van der Waals surface area (Å²) in [6, 6.07) is -58.6. The smallest absolute Gasteiger partial charge is 0.136 e. The first-order valence-electron chi connectivity index (χ1n) is 59.6. The molecule has 2 heterocycles. The van der Waals surface area contributed by atoms with Crippen LogP contribution >= 0.6 is 0 Å². The number of benzene rings is 19. The molecule has 2 aromatic heterocycles. The molecule has 21 rings (SSSR count). The van der Waals surface area contributed by atoms with E-state index in [1.54, 1.807) is 0 Å². The van der Waals surface area contributed by atoms with Gasteiger partial charge in [0.05, 0.1) is 82.2 Å². The van der Waals surface area contributed by atoms with Crippen LogP contribution < -0.4 is 0 Å². The summed E-state index contributed by atoms with van der Waals surface area (Å²) in [5.41, 5.74) is -14.5. The molecule has 0 saturated carbocycles. The van der Waals surface area contributed by atoms with Crippen LogP contribution in [0.15, 0.2) is 371 Å². The Balaban J connectivity index is 0.000000191. The summed E-state index contributed by atoms with van der Waals surface area (Å²) in [5, 5.41) is -13.7. The van der Waals surface area contributed by atoms with Gasteiger partial charge in [-0.25, -0.2) is 0 Å². The lowest BCUT2D eigenvalue weighted by Crippen LogP contribution is -1.93. The van der Waals surface area contributed by atoms with Crippen LogP contribution in [0.2, 0.25) is 0 Å². The summed E-state index contributed by atoms with van der Waals surface area (Å²) in [6.45, 7) is 0. The van der Waals surface area contributed by atoms with Crippen molar-refractivity contribution in [2.24, 2.45) is 0 Å². The minimum Gasteiger partial charge on any atom is -0.456 e. The van der Waals surface area contributed by atoms with Gasteiger partial charge in [0.2, 0.25) is 0 Å². The molecule has 0 aliphatic heterocycles. The van der Waals surface area contributed by atoms with Crippen molar-refractivity contribution in [3.05, 3.63) is 363 Å². The summed E-state index contributed by atoms with van der Waals surface area (Å²) in [5.74, 6) is 0. The van der Waals surface area contributed by atoms with E-state index in [0.29, 0.717) is 0 Å². The molecule has 2 heteroatoms. The van der Waals surface area contributed by atoms with Crippen molar-refractivity contribution in [3.8, 4) is 77.9 Å². The summed E-state index contributed by atoms with van der Waals surface area (Å²) >= 11 is 0. The van der Waals surface area contributed by atoms with E-state index in [1.165, 1.54) is 0 Å². The van der Waals surface area contributed by atoms with Gasteiger partial charge in [-0.1, -0.05) is 314 Å². The third kappa shape index (κ3) is 9.26. The Bertz CT molecular complexity index is 10500. The van der Waals surface area contributed by atoms with Crippen LogP contribution in [0.5, 0.6) is 0 Å². The molecule has 21 aromatic rings. The predicted molar refractivity (Wildman–Crippen MR) is 426 cm³/mol. The Morgan fingerprint density at radius 1 is 0.160 bits per heavy atom. The van der Waals surface area contributed by atoms with Crippen LogP contribution in [0.4, 0.5) is 0 Å². The van der Waals surface area contributed by atoms with Crippen molar-refractivity contribution in [2.75, 3.05) is 0 Å². The minimum atomic E-state index is -1.20. The highest BCUT2D eigenvalue weighted by Crippen LogP contribution is 2.52. The normalized spacial score (nSPS) is 20.2. The average molecular weight is 1330 g/mol. The molecular weight excluding hydrogens is 1210 g/mol. The molecule has 0 fully saturated rings. The molecule has 19 aromatic carbocycles. The number of furan rings is 2. The summed E-state index contributed by atoms with van der Waals surface area (Å²) in [7, 11) is 0. The summed E-state index contributed by atoms with van der Waals surface area (Å²) in [6.07, 6.45) is 0. The fourth-order valence-corrected chi connectivity index (χ4v) is 12.3. The van der Waals surface area contributed by atoms with E-state index >= 15 is 0 Å². The third-order valence-electron chi connectivity index (χ3n) is 16.5. The van der Waals surface area contributed by atoms with Crippen LogP contribution in [-0.4, -0.2) is 0 Å². The standard InChI is InChI=1S/C50H30O.C48H30O/c1-2-13-32-28-35(25-24-31(32)12-1)36-26-27-43(38-17-6-5-16-37(36)38)48-39-18-7-9-20-41(39)49(42-21-10-8-19-40(42)48)44-22-11-23-46-50(44)45-29-33-14-3-4-15-34(33)30-47(45)51-46;1-3-14-31(15-4-1)36-27-26-35(29-42(36)32-16-5-2-6-17-32)46-37-20-9-11-22-39(37)47(40-23-12-10-21-38(40)46)41-24-13-25-44-48(41)43-28-33-18-7-8-19-34(33)30-45(43)49-44/h1-30H;1-30H/i2*1D,2D,3D,4D,5D,6D,7D,8D,9D,10D,11D,12D,13D,14D,15D,16D,17D,18D,19D,20D,21D,22D,23D,24D,25D,26D,27D,28D,29D,30D. The molecule has 2 nitrogen and oxygen atoms in total. The van der Waals surface area contributed by atoms with Crippen molar-refractivity contribution in [3.63, 3.8) is 0 Å². The van der Waals surface area contributed by atoms with E-state index in [0.717, 1.165) is 0 Å². The van der Waals surface area contributed by atoms with Crippen molar-refractivity contribution in [2.45, 2.75) is 0 Å².